The van der Waals surface area contributed by atoms with Gasteiger partial charge in [0.05, 0.1) is 6.04 Å². The van der Waals surface area contributed by atoms with Gasteiger partial charge in [0, 0.05) is 19.6 Å². The fourth-order valence-electron chi connectivity index (χ4n) is 1.79. The van der Waals surface area contributed by atoms with Crippen LogP contribution in [-0.4, -0.2) is 62.0 Å². The zero-order chi connectivity index (χ0) is 11.3. The normalized spacial score (nSPS) is 21.7. The number of nitrogens with zero attached hydrogens (tertiary/aromatic N) is 2. The van der Waals surface area contributed by atoms with Crippen LogP contribution in [0.2, 0.25) is 0 Å². The second-order valence-corrected chi connectivity index (χ2v) is 4.42. The Bertz CT molecular complexity index is 206. The highest BCUT2D eigenvalue weighted by molar-refractivity contribution is 5.83. The minimum Gasteiger partial charge on any atom is -0.340 e. The van der Waals surface area contributed by atoms with Crippen molar-refractivity contribution in [3.63, 3.8) is 0 Å². The van der Waals surface area contributed by atoms with E-state index in [4.69, 9.17) is 0 Å². The molecule has 88 valence electrons. The van der Waals surface area contributed by atoms with E-state index in [-0.39, 0.29) is 11.9 Å². The maximum absolute atomic E-state index is 11.9. The van der Waals surface area contributed by atoms with Crippen molar-refractivity contribution < 1.29 is 4.79 Å². The molecule has 1 aliphatic heterocycles. The fraction of sp³-hybridized carbons (Fsp3) is 0.909. The topological polar surface area (TPSA) is 35.6 Å². The van der Waals surface area contributed by atoms with Gasteiger partial charge in [0.1, 0.15) is 0 Å². The number of likely N-dealkylation sites (tertiary alicyclic amines) is 1. The van der Waals surface area contributed by atoms with Crippen LogP contribution in [0.3, 0.4) is 0 Å². The van der Waals surface area contributed by atoms with Crippen LogP contribution in [0.15, 0.2) is 0 Å². The van der Waals surface area contributed by atoms with E-state index in [9.17, 15) is 4.79 Å². The second-order valence-electron chi connectivity index (χ2n) is 4.42. The van der Waals surface area contributed by atoms with Crippen molar-refractivity contribution in [3.05, 3.63) is 0 Å². The molecule has 4 heteroatoms. The number of carbonyl (C=O) groups is 1. The molecule has 0 saturated carbocycles. The van der Waals surface area contributed by atoms with E-state index in [0.717, 1.165) is 39.0 Å². The van der Waals surface area contributed by atoms with Crippen LogP contribution >= 0.6 is 0 Å². The summed E-state index contributed by atoms with van der Waals surface area (Å²) >= 11 is 0. The lowest BCUT2D eigenvalue weighted by molar-refractivity contribution is -0.129. The highest BCUT2D eigenvalue weighted by atomic mass is 16.2. The summed E-state index contributed by atoms with van der Waals surface area (Å²) in [6, 6.07) is 0.0760. The molecule has 0 aliphatic carbocycles. The van der Waals surface area contributed by atoms with Gasteiger partial charge in [0.15, 0.2) is 0 Å². The van der Waals surface area contributed by atoms with Gasteiger partial charge in [-0.2, -0.15) is 0 Å². The molecule has 1 fully saturated rings. The van der Waals surface area contributed by atoms with Crippen LogP contribution in [0.5, 0.6) is 0 Å². The number of nitrogens with one attached hydrogen (secondary N) is 1. The average Bonchev–Trinajstić information content (AvgIpc) is 2.54. The molecule has 1 unspecified atom stereocenters. The first-order valence-corrected chi connectivity index (χ1v) is 5.82. The summed E-state index contributed by atoms with van der Waals surface area (Å²) in [6.45, 7) is 5.78. The van der Waals surface area contributed by atoms with Crippen molar-refractivity contribution in [2.24, 2.45) is 0 Å². The van der Waals surface area contributed by atoms with Crippen LogP contribution in [0.1, 0.15) is 19.8 Å². The molecule has 0 bridgehead atoms. The van der Waals surface area contributed by atoms with E-state index in [1.807, 2.05) is 19.0 Å². The monoisotopic (exact) mass is 213 g/mol. The molecular formula is C11H23N3O. The Morgan fingerprint density at radius 2 is 2.27 bits per heavy atom. The Kier molecular flexibility index (Phi) is 5.05. The van der Waals surface area contributed by atoms with Gasteiger partial charge in [0.2, 0.25) is 5.91 Å². The molecule has 0 aromatic carbocycles. The Balaban J connectivity index is 2.29. The summed E-state index contributed by atoms with van der Waals surface area (Å²) in [7, 11) is 4.07. The van der Waals surface area contributed by atoms with Crippen molar-refractivity contribution in [1.82, 2.24) is 15.1 Å². The largest absolute Gasteiger partial charge is 0.340 e. The van der Waals surface area contributed by atoms with E-state index in [1.165, 1.54) is 0 Å². The van der Waals surface area contributed by atoms with Crippen LogP contribution in [-0.2, 0) is 4.79 Å². The number of carbonyl (C=O) groups excluding carboxylic acids is 1. The predicted molar refractivity (Wildman–Crippen MR) is 61.8 cm³/mol. The summed E-state index contributed by atoms with van der Waals surface area (Å²) in [5.41, 5.74) is 0. The Morgan fingerprint density at radius 1 is 1.53 bits per heavy atom. The quantitative estimate of drug-likeness (QED) is 0.682. The first-order valence-electron chi connectivity index (χ1n) is 5.82. The van der Waals surface area contributed by atoms with Crippen LogP contribution in [0, 0.1) is 0 Å². The molecule has 1 atom stereocenters. The van der Waals surface area contributed by atoms with E-state index in [0.29, 0.717) is 0 Å². The van der Waals surface area contributed by atoms with Gasteiger partial charge in [-0.3, -0.25) is 4.79 Å². The number of amides is 1. The predicted octanol–water partition coefficient (Wildman–Crippen LogP) is 0.149. The summed E-state index contributed by atoms with van der Waals surface area (Å²) in [4.78, 5) is 15.9. The lowest BCUT2D eigenvalue weighted by Crippen LogP contribution is -2.40. The Hall–Kier alpha value is -0.610. The first kappa shape index (κ1) is 12.5. The zero-order valence-corrected chi connectivity index (χ0v) is 10.1. The summed E-state index contributed by atoms with van der Waals surface area (Å²) < 4.78 is 0. The first-order chi connectivity index (χ1) is 7.15. The summed E-state index contributed by atoms with van der Waals surface area (Å²) in [5.74, 6) is 0.283. The van der Waals surface area contributed by atoms with Crippen molar-refractivity contribution in [3.8, 4) is 0 Å². The fourth-order valence-corrected chi connectivity index (χ4v) is 1.79. The molecule has 1 rings (SSSR count). The highest BCUT2D eigenvalue weighted by Gasteiger charge is 2.30. The van der Waals surface area contributed by atoms with Crippen molar-refractivity contribution in [1.29, 1.82) is 0 Å². The lowest BCUT2D eigenvalue weighted by atomic mass is 10.2. The molecular weight excluding hydrogens is 190 g/mol. The minimum absolute atomic E-state index is 0.0760. The van der Waals surface area contributed by atoms with Crippen molar-refractivity contribution >= 4 is 5.91 Å². The third-order valence-electron chi connectivity index (χ3n) is 2.76. The van der Waals surface area contributed by atoms with Gasteiger partial charge in [-0.1, -0.05) is 6.92 Å². The Morgan fingerprint density at radius 3 is 2.87 bits per heavy atom. The third-order valence-corrected chi connectivity index (χ3v) is 2.76. The van der Waals surface area contributed by atoms with Crippen molar-refractivity contribution in [2.75, 3.05) is 40.3 Å². The van der Waals surface area contributed by atoms with Gasteiger partial charge < -0.3 is 15.1 Å². The standard InChI is InChI=1S/C11H23N3O/c1-4-6-12-10-5-7-14(11(10)15)9-8-13(2)3/h10,12H,4-9H2,1-3H3. The van der Waals surface area contributed by atoms with Gasteiger partial charge in [-0.15, -0.1) is 0 Å². The number of hydrogen-bond donors (Lipinski definition) is 1. The van der Waals surface area contributed by atoms with Gasteiger partial charge >= 0.3 is 0 Å². The third kappa shape index (κ3) is 3.80. The second kappa shape index (κ2) is 6.08. The molecule has 0 radical (unpaired) electrons. The smallest absolute Gasteiger partial charge is 0.239 e. The van der Waals surface area contributed by atoms with Crippen molar-refractivity contribution in [2.45, 2.75) is 25.8 Å². The minimum atomic E-state index is 0.0760. The SMILES string of the molecule is CCCNC1CCN(CCN(C)C)C1=O. The molecule has 1 heterocycles. The van der Waals surface area contributed by atoms with Gasteiger partial charge in [0.25, 0.3) is 0 Å². The molecule has 1 aliphatic rings. The van der Waals surface area contributed by atoms with Crippen LogP contribution in [0.25, 0.3) is 0 Å². The zero-order valence-electron chi connectivity index (χ0n) is 10.1. The highest BCUT2D eigenvalue weighted by Crippen LogP contribution is 2.10. The number of likely N-dealkylation sites (N-methyl/N-ethyl adjacent to an activating group) is 1. The number of rotatable bonds is 6. The molecule has 0 spiro atoms. The van der Waals surface area contributed by atoms with Crippen LogP contribution in [0.4, 0.5) is 0 Å². The molecule has 4 nitrogen and oxygen atoms in total. The maximum atomic E-state index is 11.9. The summed E-state index contributed by atoms with van der Waals surface area (Å²) in [5, 5.41) is 3.29. The van der Waals surface area contributed by atoms with E-state index in [1.54, 1.807) is 0 Å². The van der Waals surface area contributed by atoms with Gasteiger partial charge in [-0.25, -0.2) is 0 Å². The number of hydrogen-bond acceptors (Lipinski definition) is 3. The molecule has 1 saturated heterocycles. The average molecular weight is 213 g/mol. The van der Waals surface area contributed by atoms with Crippen LogP contribution < -0.4 is 5.32 Å². The van der Waals surface area contributed by atoms with Gasteiger partial charge in [-0.05, 0) is 33.5 Å². The van der Waals surface area contributed by atoms with E-state index < -0.39 is 0 Å². The summed E-state index contributed by atoms with van der Waals surface area (Å²) in [6.07, 6.45) is 2.05. The van der Waals surface area contributed by atoms with E-state index >= 15 is 0 Å². The molecule has 1 amide bonds. The maximum Gasteiger partial charge on any atom is 0.239 e. The Labute approximate surface area is 92.6 Å². The van der Waals surface area contributed by atoms with E-state index in [2.05, 4.69) is 17.1 Å². The molecule has 0 aromatic rings. The molecule has 15 heavy (non-hydrogen) atoms. The molecule has 1 N–H and O–H groups in total. The lowest BCUT2D eigenvalue weighted by Gasteiger charge is -2.19. The molecule has 0 aromatic heterocycles.